The lowest BCUT2D eigenvalue weighted by Gasteiger charge is -2.45. The fourth-order valence-electron chi connectivity index (χ4n) is 10.6. The van der Waals surface area contributed by atoms with Gasteiger partial charge in [-0.05, 0) is 99.1 Å². The topological polar surface area (TPSA) is 17.4 Å². The molecule has 1 spiro atoms. The summed E-state index contributed by atoms with van der Waals surface area (Å²) in [6.45, 7) is 0. The molecule has 1 aliphatic heterocycles. The Morgan fingerprint density at radius 3 is 1.90 bits per heavy atom. The summed E-state index contributed by atoms with van der Waals surface area (Å²) in [5, 5.41) is 7.42. The molecule has 3 heteroatoms. The number of hydrogen-bond acceptors (Lipinski definition) is 2. The van der Waals surface area contributed by atoms with Gasteiger partial charge in [0.1, 0.15) is 11.5 Å². The summed E-state index contributed by atoms with van der Waals surface area (Å²) in [6, 6.07) is 79.7. The molecular formula is C57H36N2O. The molecule has 2 heterocycles. The number of aromatic nitrogens is 1. The predicted octanol–water partition coefficient (Wildman–Crippen LogP) is 15.0. The molecule has 1 unspecified atom stereocenters. The summed E-state index contributed by atoms with van der Waals surface area (Å²) in [4.78, 5) is 2.41. The van der Waals surface area contributed by atoms with Gasteiger partial charge < -0.3 is 14.2 Å². The summed E-state index contributed by atoms with van der Waals surface area (Å²) in [7, 11) is 0. The molecule has 60 heavy (non-hydrogen) atoms. The third-order valence-corrected chi connectivity index (χ3v) is 13.0. The first-order chi connectivity index (χ1) is 29.8. The van der Waals surface area contributed by atoms with Crippen LogP contribution in [-0.4, -0.2) is 4.57 Å². The van der Waals surface area contributed by atoms with E-state index in [0.29, 0.717) is 0 Å². The molecule has 0 saturated carbocycles. The van der Waals surface area contributed by atoms with Crippen LogP contribution in [0.15, 0.2) is 218 Å². The maximum Gasteiger partial charge on any atom is 0.132 e. The van der Waals surface area contributed by atoms with Gasteiger partial charge in [0.25, 0.3) is 0 Å². The number of rotatable bonds is 4. The first-order valence-corrected chi connectivity index (χ1v) is 20.7. The summed E-state index contributed by atoms with van der Waals surface area (Å²) in [6.07, 6.45) is 0. The van der Waals surface area contributed by atoms with Crippen molar-refractivity contribution in [2.75, 3.05) is 4.90 Å². The van der Waals surface area contributed by atoms with Crippen LogP contribution < -0.4 is 9.64 Å². The summed E-state index contributed by atoms with van der Waals surface area (Å²) >= 11 is 0. The molecule has 0 N–H and O–H groups in total. The molecule has 3 nitrogen and oxygen atoms in total. The summed E-state index contributed by atoms with van der Waals surface area (Å²) < 4.78 is 9.37. The molecule has 2 aliphatic rings. The minimum Gasteiger partial charge on any atom is -0.457 e. The Morgan fingerprint density at radius 2 is 0.983 bits per heavy atom. The van der Waals surface area contributed by atoms with Crippen LogP contribution >= 0.6 is 0 Å². The normalized spacial score (nSPS) is 14.9. The van der Waals surface area contributed by atoms with Gasteiger partial charge in [-0.2, -0.15) is 0 Å². The Morgan fingerprint density at radius 1 is 0.367 bits per heavy atom. The van der Waals surface area contributed by atoms with Crippen LogP contribution in [0.3, 0.4) is 0 Å². The standard InChI is InChI=1S/C57H36N2O/c1-2-19-39(20-3-1)58(41-31-33-45-44-23-7-10-28-52(44)59(53(45)36-41)51-29-14-16-37-15-4-5-21-42(37)51)40-32-34-55-50(35-40)57(48-26-9-11-30-54(48)60-55)47-25-8-6-22-43(47)46-24-12-17-38-18-13-27-49(57)56(38)46/h1-36H. The lowest BCUT2D eigenvalue weighted by atomic mass is 9.58. The van der Waals surface area contributed by atoms with E-state index in [0.717, 1.165) is 45.2 Å². The number of para-hydroxylation sites is 3. The molecule has 280 valence electrons. The number of hydrogen-bond donors (Lipinski definition) is 0. The largest absolute Gasteiger partial charge is 0.457 e. The number of fused-ring (bicyclic) bond motifs is 12. The van der Waals surface area contributed by atoms with E-state index in [1.54, 1.807) is 0 Å². The Hall–Kier alpha value is -7.88. The quantitative estimate of drug-likeness (QED) is 0.178. The Balaban J connectivity index is 1.10. The van der Waals surface area contributed by atoms with Crippen LogP contribution in [-0.2, 0) is 5.41 Å². The van der Waals surface area contributed by atoms with Crippen LogP contribution in [0, 0.1) is 0 Å². The van der Waals surface area contributed by atoms with Gasteiger partial charge in [0, 0.05) is 44.3 Å². The Bertz CT molecular complexity index is 3540. The molecule has 1 aliphatic carbocycles. The zero-order valence-corrected chi connectivity index (χ0v) is 32.6. The monoisotopic (exact) mass is 764 g/mol. The molecule has 0 amide bonds. The van der Waals surface area contributed by atoms with Gasteiger partial charge in [-0.1, -0.05) is 158 Å². The van der Waals surface area contributed by atoms with Gasteiger partial charge in [-0.3, -0.25) is 0 Å². The van der Waals surface area contributed by atoms with E-state index < -0.39 is 5.41 Å². The van der Waals surface area contributed by atoms with E-state index in [1.807, 2.05) is 0 Å². The molecule has 1 atom stereocenters. The zero-order chi connectivity index (χ0) is 39.4. The number of benzene rings is 10. The molecule has 0 bridgehead atoms. The summed E-state index contributed by atoms with van der Waals surface area (Å²) in [5.74, 6) is 1.75. The van der Waals surface area contributed by atoms with Crippen LogP contribution in [0.4, 0.5) is 17.1 Å². The smallest absolute Gasteiger partial charge is 0.132 e. The average Bonchev–Trinajstić information content (AvgIpc) is 3.64. The molecule has 0 fully saturated rings. The minimum absolute atomic E-state index is 0.641. The van der Waals surface area contributed by atoms with Crippen molar-refractivity contribution < 1.29 is 4.74 Å². The van der Waals surface area contributed by atoms with E-state index in [9.17, 15) is 0 Å². The number of ether oxygens (including phenoxy) is 1. The van der Waals surface area contributed by atoms with Gasteiger partial charge >= 0.3 is 0 Å². The van der Waals surface area contributed by atoms with E-state index in [2.05, 4.69) is 228 Å². The van der Waals surface area contributed by atoms with E-state index in [4.69, 9.17) is 4.74 Å². The van der Waals surface area contributed by atoms with Crippen molar-refractivity contribution in [3.8, 4) is 28.3 Å². The fraction of sp³-hybridized carbons (Fsp3) is 0.0175. The van der Waals surface area contributed by atoms with Gasteiger partial charge in [0.05, 0.1) is 22.1 Å². The van der Waals surface area contributed by atoms with Crippen molar-refractivity contribution in [3.05, 3.63) is 241 Å². The maximum atomic E-state index is 6.92. The highest BCUT2D eigenvalue weighted by molar-refractivity contribution is 6.12. The minimum atomic E-state index is -0.641. The van der Waals surface area contributed by atoms with Gasteiger partial charge in [0.2, 0.25) is 0 Å². The SMILES string of the molecule is c1ccc(N(c2ccc3c(c2)C2(c4ccccc4O3)c3ccccc3-c3cccc4cccc2c34)c2ccc3c4ccccc4n(-c4cccc5ccccc45)c3c2)cc1. The van der Waals surface area contributed by atoms with Crippen molar-refractivity contribution in [1.82, 2.24) is 4.57 Å². The molecule has 13 rings (SSSR count). The van der Waals surface area contributed by atoms with E-state index in [-0.39, 0.29) is 0 Å². The second-order valence-corrected chi connectivity index (χ2v) is 16.0. The average molecular weight is 765 g/mol. The van der Waals surface area contributed by atoms with Crippen molar-refractivity contribution >= 4 is 60.4 Å². The van der Waals surface area contributed by atoms with E-state index in [1.165, 1.54) is 65.8 Å². The zero-order valence-electron chi connectivity index (χ0n) is 32.6. The van der Waals surface area contributed by atoms with Crippen molar-refractivity contribution in [1.29, 1.82) is 0 Å². The van der Waals surface area contributed by atoms with Crippen LogP contribution in [0.2, 0.25) is 0 Å². The number of nitrogens with zero attached hydrogens (tertiary/aromatic N) is 2. The van der Waals surface area contributed by atoms with Crippen molar-refractivity contribution in [2.24, 2.45) is 0 Å². The third-order valence-electron chi connectivity index (χ3n) is 13.0. The second-order valence-electron chi connectivity index (χ2n) is 16.0. The predicted molar refractivity (Wildman–Crippen MR) is 248 cm³/mol. The van der Waals surface area contributed by atoms with Crippen LogP contribution in [0.1, 0.15) is 22.3 Å². The van der Waals surface area contributed by atoms with Crippen molar-refractivity contribution in [3.63, 3.8) is 0 Å². The lowest BCUT2D eigenvalue weighted by Crippen LogP contribution is -2.36. The fourth-order valence-corrected chi connectivity index (χ4v) is 10.6. The highest BCUT2D eigenvalue weighted by atomic mass is 16.5. The molecular weight excluding hydrogens is 729 g/mol. The Kier molecular flexibility index (Phi) is 6.93. The van der Waals surface area contributed by atoms with Gasteiger partial charge in [-0.15, -0.1) is 0 Å². The third kappa shape index (κ3) is 4.49. The highest BCUT2D eigenvalue weighted by Gasteiger charge is 2.49. The molecule has 0 radical (unpaired) electrons. The first-order valence-electron chi connectivity index (χ1n) is 20.7. The molecule has 1 aromatic heterocycles. The first kappa shape index (κ1) is 33.1. The molecule has 10 aromatic carbocycles. The highest BCUT2D eigenvalue weighted by Crippen LogP contribution is 2.61. The van der Waals surface area contributed by atoms with Gasteiger partial charge in [-0.25, -0.2) is 0 Å². The van der Waals surface area contributed by atoms with Gasteiger partial charge in [0.15, 0.2) is 0 Å². The lowest BCUT2D eigenvalue weighted by molar-refractivity contribution is 0.435. The molecule has 0 saturated heterocycles. The van der Waals surface area contributed by atoms with Crippen LogP contribution in [0.25, 0.3) is 60.2 Å². The van der Waals surface area contributed by atoms with Crippen LogP contribution in [0.5, 0.6) is 11.5 Å². The second kappa shape index (κ2) is 12.6. The summed E-state index contributed by atoms with van der Waals surface area (Å²) in [5.41, 5.74) is 13.4. The molecule has 11 aromatic rings. The Labute approximate surface area is 347 Å². The number of anilines is 3. The maximum absolute atomic E-state index is 6.92. The van der Waals surface area contributed by atoms with Crippen molar-refractivity contribution in [2.45, 2.75) is 5.41 Å². The van der Waals surface area contributed by atoms with E-state index >= 15 is 0 Å².